The van der Waals surface area contributed by atoms with Gasteiger partial charge in [0.25, 0.3) is 5.91 Å². The van der Waals surface area contributed by atoms with Crippen LogP contribution in [0.2, 0.25) is 0 Å². The molecule has 0 bridgehead atoms. The van der Waals surface area contributed by atoms with Crippen molar-refractivity contribution in [3.05, 3.63) is 23.5 Å². The van der Waals surface area contributed by atoms with E-state index in [0.29, 0.717) is 5.75 Å². The zero-order chi connectivity index (χ0) is 12.4. The van der Waals surface area contributed by atoms with E-state index in [0.717, 1.165) is 12.8 Å². The highest BCUT2D eigenvalue weighted by atomic mass is 16.5. The van der Waals surface area contributed by atoms with Gasteiger partial charge in [-0.25, -0.2) is 4.98 Å². The van der Waals surface area contributed by atoms with E-state index >= 15 is 0 Å². The van der Waals surface area contributed by atoms with E-state index in [2.05, 4.69) is 10.3 Å². The molecule has 1 fully saturated rings. The molecule has 1 saturated carbocycles. The molecule has 0 aliphatic heterocycles. The third kappa shape index (κ3) is 2.52. The first-order valence-corrected chi connectivity index (χ1v) is 5.30. The van der Waals surface area contributed by atoms with Crippen molar-refractivity contribution in [3.8, 4) is 5.75 Å². The van der Waals surface area contributed by atoms with Gasteiger partial charge in [0.1, 0.15) is 0 Å². The number of hydrogen-bond acceptors (Lipinski definition) is 4. The molecule has 3 N–H and O–H groups in total. The van der Waals surface area contributed by atoms with Crippen molar-refractivity contribution in [1.82, 2.24) is 10.3 Å². The molecule has 1 aromatic heterocycles. The number of nitrogens with two attached hydrogens (primary N) is 1. The molecule has 17 heavy (non-hydrogen) atoms. The maximum atomic E-state index is 11.5. The Balaban J connectivity index is 2.35. The third-order valence-corrected chi connectivity index (χ3v) is 2.40. The molecule has 1 aromatic rings. The van der Waals surface area contributed by atoms with Crippen LogP contribution < -0.4 is 15.8 Å². The zero-order valence-corrected chi connectivity index (χ0v) is 9.40. The predicted molar refractivity (Wildman–Crippen MR) is 59.8 cm³/mol. The van der Waals surface area contributed by atoms with Crippen LogP contribution in [-0.2, 0) is 0 Å². The number of rotatable bonds is 4. The highest BCUT2D eigenvalue weighted by Crippen LogP contribution is 2.28. The molecular formula is C11H13N3O3. The van der Waals surface area contributed by atoms with E-state index in [1.54, 1.807) is 0 Å². The van der Waals surface area contributed by atoms with Crippen LogP contribution in [0, 0.1) is 0 Å². The van der Waals surface area contributed by atoms with Crippen LogP contribution in [0.4, 0.5) is 0 Å². The third-order valence-electron chi connectivity index (χ3n) is 2.40. The Kier molecular flexibility index (Phi) is 2.95. The van der Waals surface area contributed by atoms with Crippen LogP contribution in [0.1, 0.15) is 33.7 Å². The van der Waals surface area contributed by atoms with Gasteiger partial charge in [-0.05, 0) is 18.9 Å². The van der Waals surface area contributed by atoms with Gasteiger partial charge in [0.2, 0.25) is 5.91 Å². The summed E-state index contributed by atoms with van der Waals surface area (Å²) in [7, 11) is 1.51. The first-order valence-electron chi connectivity index (χ1n) is 5.30. The smallest absolute Gasteiger partial charge is 0.273 e. The number of hydrogen-bond donors (Lipinski definition) is 2. The number of pyridine rings is 1. The minimum atomic E-state index is -0.596. The molecule has 0 saturated heterocycles. The Morgan fingerprint density at radius 3 is 2.76 bits per heavy atom. The predicted octanol–water partition coefficient (Wildman–Crippen LogP) is 0.0813. The van der Waals surface area contributed by atoms with E-state index < -0.39 is 5.91 Å². The van der Waals surface area contributed by atoms with Crippen LogP contribution in [-0.4, -0.2) is 29.9 Å². The number of carbonyl (C=O) groups is 2. The van der Waals surface area contributed by atoms with E-state index in [9.17, 15) is 9.59 Å². The second kappa shape index (κ2) is 4.40. The summed E-state index contributed by atoms with van der Waals surface area (Å²) < 4.78 is 5.54. The average Bonchev–Trinajstić information content (AvgIpc) is 3.11. The number of nitrogens with one attached hydrogen (secondary N) is 1. The molecule has 6 heteroatoms. The van der Waals surface area contributed by atoms with E-state index in [4.69, 9.17) is 10.5 Å². The van der Waals surface area contributed by atoms with Crippen LogP contribution in [0.15, 0.2) is 12.3 Å². The fourth-order valence-electron chi connectivity index (χ4n) is 1.32. The molecule has 6 nitrogen and oxygen atoms in total. The average molecular weight is 235 g/mol. The van der Waals surface area contributed by atoms with Gasteiger partial charge in [-0.1, -0.05) is 0 Å². The Morgan fingerprint density at radius 1 is 1.53 bits per heavy atom. The van der Waals surface area contributed by atoms with Gasteiger partial charge < -0.3 is 15.8 Å². The Labute approximate surface area is 98.2 Å². The second-order valence-electron chi connectivity index (χ2n) is 3.83. The maximum absolute atomic E-state index is 11.5. The first-order chi connectivity index (χ1) is 8.11. The molecule has 1 heterocycles. The van der Waals surface area contributed by atoms with Crippen molar-refractivity contribution in [1.29, 1.82) is 0 Å². The maximum Gasteiger partial charge on any atom is 0.273 e. The van der Waals surface area contributed by atoms with Gasteiger partial charge in [-0.2, -0.15) is 0 Å². The van der Waals surface area contributed by atoms with E-state index in [1.165, 1.54) is 19.3 Å². The minimum absolute atomic E-state index is 0.114. The standard InChI is InChI=1S/C11H13N3O3/c1-13-11(16)9-8(17-7-2-3-7)4-6(5-14-9)10(12)15/h4-5,7H,2-3H2,1H3,(H2,12,15)(H,13,16). The van der Waals surface area contributed by atoms with Crippen molar-refractivity contribution >= 4 is 11.8 Å². The molecule has 90 valence electrons. The summed E-state index contributed by atoms with van der Waals surface area (Å²) in [5.41, 5.74) is 5.55. The quantitative estimate of drug-likeness (QED) is 0.772. The number of primary amides is 1. The molecule has 1 aliphatic carbocycles. The lowest BCUT2D eigenvalue weighted by Gasteiger charge is -2.09. The SMILES string of the molecule is CNC(=O)c1ncc(C(N)=O)cc1OC1CC1. The Hall–Kier alpha value is -2.11. The fraction of sp³-hybridized carbons (Fsp3) is 0.364. The lowest BCUT2D eigenvalue weighted by atomic mass is 10.2. The molecule has 0 unspecified atom stereocenters. The van der Waals surface area contributed by atoms with Crippen molar-refractivity contribution in [2.75, 3.05) is 7.05 Å². The molecular weight excluding hydrogens is 222 g/mol. The molecule has 0 atom stereocenters. The van der Waals surface area contributed by atoms with Crippen LogP contribution in [0.5, 0.6) is 5.75 Å². The Morgan fingerprint density at radius 2 is 2.24 bits per heavy atom. The summed E-state index contributed by atoms with van der Waals surface area (Å²) in [6.45, 7) is 0. The molecule has 2 rings (SSSR count). The highest BCUT2D eigenvalue weighted by Gasteiger charge is 2.26. The number of carbonyl (C=O) groups excluding carboxylic acids is 2. The molecule has 0 aromatic carbocycles. The fourth-order valence-corrected chi connectivity index (χ4v) is 1.32. The summed E-state index contributed by atoms with van der Waals surface area (Å²) in [5, 5.41) is 2.47. The molecule has 2 amide bonds. The number of aromatic nitrogens is 1. The van der Waals surface area contributed by atoms with Gasteiger partial charge in [-0.3, -0.25) is 9.59 Å². The number of ether oxygens (including phenoxy) is 1. The van der Waals surface area contributed by atoms with Crippen LogP contribution in [0.3, 0.4) is 0 Å². The van der Waals surface area contributed by atoms with E-state index in [-0.39, 0.29) is 23.3 Å². The van der Waals surface area contributed by atoms with E-state index in [1.807, 2.05) is 0 Å². The van der Waals surface area contributed by atoms with Crippen molar-refractivity contribution in [2.24, 2.45) is 5.73 Å². The molecule has 0 radical (unpaired) electrons. The summed E-state index contributed by atoms with van der Waals surface area (Å²) in [6, 6.07) is 1.46. The van der Waals surface area contributed by atoms with Crippen LogP contribution in [0.25, 0.3) is 0 Å². The van der Waals surface area contributed by atoms with Crippen molar-refractivity contribution in [2.45, 2.75) is 18.9 Å². The zero-order valence-electron chi connectivity index (χ0n) is 9.40. The highest BCUT2D eigenvalue weighted by molar-refractivity contribution is 5.97. The second-order valence-corrected chi connectivity index (χ2v) is 3.83. The van der Waals surface area contributed by atoms with Crippen molar-refractivity contribution < 1.29 is 14.3 Å². The monoisotopic (exact) mass is 235 g/mol. The number of nitrogens with zero attached hydrogens (tertiary/aromatic N) is 1. The summed E-state index contributed by atoms with van der Waals surface area (Å²) in [4.78, 5) is 26.5. The van der Waals surface area contributed by atoms with Gasteiger partial charge in [-0.15, -0.1) is 0 Å². The first kappa shape index (κ1) is 11.4. The lowest BCUT2D eigenvalue weighted by Crippen LogP contribution is -2.22. The van der Waals surface area contributed by atoms with Gasteiger partial charge >= 0.3 is 0 Å². The summed E-state index contributed by atoms with van der Waals surface area (Å²) in [5.74, 6) is -0.638. The van der Waals surface area contributed by atoms with Gasteiger partial charge in [0.15, 0.2) is 11.4 Å². The van der Waals surface area contributed by atoms with Gasteiger partial charge in [0, 0.05) is 13.2 Å². The van der Waals surface area contributed by atoms with Crippen LogP contribution >= 0.6 is 0 Å². The number of amides is 2. The molecule has 1 aliphatic rings. The largest absolute Gasteiger partial charge is 0.488 e. The minimum Gasteiger partial charge on any atom is -0.488 e. The van der Waals surface area contributed by atoms with Crippen molar-refractivity contribution in [3.63, 3.8) is 0 Å². The normalized spacial score (nSPS) is 14.2. The Bertz CT molecular complexity index is 469. The summed E-state index contributed by atoms with van der Waals surface area (Å²) >= 11 is 0. The lowest BCUT2D eigenvalue weighted by molar-refractivity contribution is 0.0949. The molecule has 0 spiro atoms. The topological polar surface area (TPSA) is 94.3 Å². The van der Waals surface area contributed by atoms with Gasteiger partial charge in [0.05, 0.1) is 11.7 Å². The summed E-state index contributed by atoms with van der Waals surface area (Å²) in [6.07, 6.45) is 3.29.